The lowest BCUT2D eigenvalue weighted by Gasteiger charge is -2.17. The smallest absolute Gasteiger partial charge is 0.351 e. The molecule has 8 heteroatoms. The van der Waals surface area contributed by atoms with E-state index in [1.54, 1.807) is 11.0 Å². The standard InChI is InChI=1S/C23H25N5O3/c1-5-26(6-2)20(29)14-27-23(30)28-18-12-8-7-11-17(18)24-22(21(28)25-27)31-19-13-9-10-15(3)16(19)4/h7-13H,5-6,14H2,1-4H3. The molecule has 0 bridgehead atoms. The molecule has 2 aromatic heterocycles. The van der Waals surface area contributed by atoms with Gasteiger partial charge in [-0.25, -0.2) is 18.9 Å². The number of hydrogen-bond acceptors (Lipinski definition) is 5. The van der Waals surface area contributed by atoms with Gasteiger partial charge in [0, 0.05) is 13.1 Å². The van der Waals surface area contributed by atoms with E-state index in [1.807, 2.05) is 64.1 Å². The van der Waals surface area contributed by atoms with Gasteiger partial charge in [-0.2, -0.15) is 0 Å². The number of rotatable bonds is 6. The summed E-state index contributed by atoms with van der Waals surface area (Å²) in [4.78, 5) is 32.1. The summed E-state index contributed by atoms with van der Waals surface area (Å²) in [6.45, 7) is 8.79. The summed E-state index contributed by atoms with van der Waals surface area (Å²) in [5.41, 5.74) is 3.15. The molecule has 31 heavy (non-hydrogen) atoms. The van der Waals surface area contributed by atoms with E-state index in [4.69, 9.17) is 4.74 Å². The number of benzene rings is 2. The number of carbonyl (C=O) groups excluding carboxylic acids is 1. The van der Waals surface area contributed by atoms with Gasteiger partial charge in [0.25, 0.3) is 5.88 Å². The molecule has 2 aromatic carbocycles. The van der Waals surface area contributed by atoms with Crippen molar-refractivity contribution in [2.75, 3.05) is 13.1 Å². The third-order valence-corrected chi connectivity index (χ3v) is 5.54. The molecule has 0 saturated heterocycles. The monoisotopic (exact) mass is 419 g/mol. The zero-order chi connectivity index (χ0) is 22.1. The van der Waals surface area contributed by atoms with Crippen molar-refractivity contribution in [1.29, 1.82) is 0 Å². The van der Waals surface area contributed by atoms with Crippen molar-refractivity contribution < 1.29 is 9.53 Å². The first-order valence-electron chi connectivity index (χ1n) is 10.3. The molecule has 0 fully saturated rings. The van der Waals surface area contributed by atoms with E-state index >= 15 is 0 Å². The van der Waals surface area contributed by atoms with Crippen LogP contribution in [0.3, 0.4) is 0 Å². The number of nitrogens with zero attached hydrogens (tertiary/aromatic N) is 5. The van der Waals surface area contributed by atoms with Crippen LogP contribution in [0.1, 0.15) is 25.0 Å². The summed E-state index contributed by atoms with van der Waals surface area (Å²) in [7, 11) is 0. The minimum atomic E-state index is -0.403. The molecule has 0 aliphatic rings. The first-order chi connectivity index (χ1) is 14.9. The van der Waals surface area contributed by atoms with Gasteiger partial charge in [0.2, 0.25) is 11.6 Å². The van der Waals surface area contributed by atoms with Crippen LogP contribution in [0.25, 0.3) is 16.7 Å². The molecule has 0 spiro atoms. The highest BCUT2D eigenvalue weighted by molar-refractivity contribution is 5.80. The first-order valence-corrected chi connectivity index (χ1v) is 10.3. The van der Waals surface area contributed by atoms with Gasteiger partial charge < -0.3 is 9.64 Å². The number of amides is 1. The third kappa shape index (κ3) is 3.65. The van der Waals surface area contributed by atoms with Crippen LogP contribution in [0.2, 0.25) is 0 Å². The van der Waals surface area contributed by atoms with E-state index in [0.717, 1.165) is 11.1 Å². The fraction of sp³-hybridized carbons (Fsp3) is 0.304. The summed E-state index contributed by atoms with van der Waals surface area (Å²) in [5, 5.41) is 4.43. The van der Waals surface area contributed by atoms with Crippen molar-refractivity contribution in [3.63, 3.8) is 0 Å². The van der Waals surface area contributed by atoms with Gasteiger partial charge in [-0.05, 0) is 57.0 Å². The number of fused-ring (bicyclic) bond motifs is 3. The molecule has 0 N–H and O–H groups in total. The number of carbonyl (C=O) groups is 1. The highest BCUT2D eigenvalue weighted by atomic mass is 16.5. The number of likely N-dealkylation sites (N-methyl/N-ethyl adjacent to an activating group) is 1. The van der Waals surface area contributed by atoms with Crippen LogP contribution in [0, 0.1) is 13.8 Å². The average Bonchev–Trinajstić information content (AvgIpc) is 3.09. The van der Waals surface area contributed by atoms with Crippen molar-refractivity contribution in [1.82, 2.24) is 24.1 Å². The minimum Gasteiger partial charge on any atom is -0.436 e. The fourth-order valence-corrected chi connectivity index (χ4v) is 3.59. The number of ether oxygens (including phenoxy) is 1. The Morgan fingerprint density at radius 3 is 2.55 bits per heavy atom. The van der Waals surface area contributed by atoms with Crippen LogP contribution in [0.5, 0.6) is 11.6 Å². The van der Waals surface area contributed by atoms with Gasteiger partial charge in [-0.15, -0.1) is 5.10 Å². The molecular weight excluding hydrogens is 394 g/mol. The van der Waals surface area contributed by atoms with Gasteiger partial charge in [0.15, 0.2) is 0 Å². The molecular formula is C23H25N5O3. The predicted octanol–water partition coefficient (Wildman–Crippen LogP) is 3.32. The molecule has 0 unspecified atom stereocenters. The molecule has 160 valence electrons. The summed E-state index contributed by atoms with van der Waals surface area (Å²) < 4.78 is 8.77. The van der Waals surface area contributed by atoms with Crippen LogP contribution in [-0.2, 0) is 11.3 Å². The van der Waals surface area contributed by atoms with Crippen LogP contribution >= 0.6 is 0 Å². The first kappa shape index (κ1) is 20.6. The van der Waals surface area contributed by atoms with Crippen molar-refractivity contribution in [2.24, 2.45) is 0 Å². The zero-order valence-electron chi connectivity index (χ0n) is 18.1. The van der Waals surface area contributed by atoms with E-state index in [1.165, 1.54) is 9.08 Å². The second-order valence-corrected chi connectivity index (χ2v) is 7.37. The van der Waals surface area contributed by atoms with Gasteiger partial charge in [0.1, 0.15) is 12.3 Å². The minimum absolute atomic E-state index is 0.139. The quantitative estimate of drug-likeness (QED) is 0.479. The van der Waals surface area contributed by atoms with Crippen LogP contribution in [0.15, 0.2) is 47.3 Å². The highest BCUT2D eigenvalue weighted by Crippen LogP contribution is 2.29. The maximum absolute atomic E-state index is 13.2. The van der Waals surface area contributed by atoms with E-state index in [-0.39, 0.29) is 24.0 Å². The topological polar surface area (TPSA) is 81.7 Å². The Labute approximate surface area is 179 Å². The molecule has 1 amide bonds. The van der Waals surface area contributed by atoms with Crippen molar-refractivity contribution >= 4 is 22.6 Å². The molecule has 0 aliphatic carbocycles. The van der Waals surface area contributed by atoms with Crippen molar-refractivity contribution in [3.8, 4) is 11.6 Å². The molecule has 4 rings (SSSR count). The number of aryl methyl sites for hydroxylation is 1. The van der Waals surface area contributed by atoms with Gasteiger partial charge in [-0.1, -0.05) is 24.3 Å². The Balaban J connectivity index is 1.89. The molecule has 8 nitrogen and oxygen atoms in total. The molecule has 0 aliphatic heterocycles. The van der Waals surface area contributed by atoms with Gasteiger partial charge in [0.05, 0.1) is 11.0 Å². The lowest BCUT2D eigenvalue weighted by atomic mass is 10.1. The van der Waals surface area contributed by atoms with E-state index < -0.39 is 5.69 Å². The van der Waals surface area contributed by atoms with Crippen molar-refractivity contribution in [2.45, 2.75) is 34.2 Å². The highest BCUT2D eigenvalue weighted by Gasteiger charge is 2.20. The van der Waals surface area contributed by atoms with Gasteiger partial charge >= 0.3 is 5.69 Å². The fourth-order valence-electron chi connectivity index (χ4n) is 3.59. The molecule has 4 aromatic rings. The summed E-state index contributed by atoms with van der Waals surface area (Å²) in [6, 6.07) is 13.1. The second kappa shape index (κ2) is 8.22. The van der Waals surface area contributed by atoms with Crippen molar-refractivity contribution in [3.05, 3.63) is 64.1 Å². The lowest BCUT2D eigenvalue weighted by Crippen LogP contribution is -2.36. The SMILES string of the molecule is CCN(CC)C(=O)Cn1nc2c(Oc3cccc(C)c3C)nc3ccccc3n2c1=O. The Morgan fingerprint density at radius 2 is 1.81 bits per heavy atom. The van der Waals surface area contributed by atoms with Gasteiger partial charge in [-0.3, -0.25) is 4.79 Å². The Hall–Kier alpha value is -3.68. The Kier molecular flexibility index (Phi) is 5.46. The number of para-hydroxylation sites is 2. The average molecular weight is 419 g/mol. The van der Waals surface area contributed by atoms with E-state index in [9.17, 15) is 9.59 Å². The van der Waals surface area contributed by atoms with Crippen LogP contribution < -0.4 is 10.4 Å². The lowest BCUT2D eigenvalue weighted by molar-refractivity contribution is -0.131. The van der Waals surface area contributed by atoms with Crippen LogP contribution in [0.4, 0.5) is 0 Å². The summed E-state index contributed by atoms with van der Waals surface area (Å²) >= 11 is 0. The number of hydrogen-bond donors (Lipinski definition) is 0. The normalized spacial score (nSPS) is 11.2. The largest absolute Gasteiger partial charge is 0.436 e. The predicted molar refractivity (Wildman–Crippen MR) is 119 cm³/mol. The van der Waals surface area contributed by atoms with E-state index in [2.05, 4.69) is 10.1 Å². The molecule has 0 atom stereocenters. The second-order valence-electron chi connectivity index (χ2n) is 7.37. The van der Waals surface area contributed by atoms with E-state index in [0.29, 0.717) is 29.9 Å². The van der Waals surface area contributed by atoms with Crippen LogP contribution in [-0.4, -0.2) is 43.1 Å². The third-order valence-electron chi connectivity index (χ3n) is 5.54. The summed E-state index contributed by atoms with van der Waals surface area (Å²) in [5.74, 6) is 0.703. The Bertz CT molecular complexity index is 1330. The number of aromatic nitrogens is 4. The maximum Gasteiger partial charge on any atom is 0.351 e. The molecule has 2 heterocycles. The zero-order valence-corrected chi connectivity index (χ0v) is 18.1. The Morgan fingerprint density at radius 1 is 1.06 bits per heavy atom. The molecule has 0 saturated carbocycles. The maximum atomic E-state index is 13.2. The molecule has 0 radical (unpaired) electrons. The summed E-state index contributed by atoms with van der Waals surface area (Å²) in [6.07, 6.45) is 0.